The molecule has 0 radical (unpaired) electrons. The number of anilines is 1. The van der Waals surface area contributed by atoms with Gasteiger partial charge in [-0.1, -0.05) is 13.8 Å². The third-order valence-electron chi connectivity index (χ3n) is 3.99. The van der Waals surface area contributed by atoms with E-state index in [-0.39, 0.29) is 0 Å². The fourth-order valence-electron chi connectivity index (χ4n) is 2.97. The number of nitrogen functional groups attached to an aromatic ring is 1. The van der Waals surface area contributed by atoms with Crippen molar-refractivity contribution < 1.29 is 0 Å². The van der Waals surface area contributed by atoms with Crippen molar-refractivity contribution >= 4 is 5.82 Å². The maximum Gasteiger partial charge on any atom is 0.145 e. The molecule has 2 rings (SSSR count). The number of likely N-dealkylation sites (N-methyl/N-ethyl adjacent to an activating group) is 1. The summed E-state index contributed by atoms with van der Waals surface area (Å²) in [6.45, 7) is 11.7. The van der Waals surface area contributed by atoms with Crippen LogP contribution in [0.5, 0.6) is 0 Å². The van der Waals surface area contributed by atoms with Crippen LogP contribution in [-0.4, -0.2) is 52.0 Å². The van der Waals surface area contributed by atoms with Crippen LogP contribution in [0.2, 0.25) is 0 Å². The molecule has 0 aromatic carbocycles. The lowest BCUT2D eigenvalue weighted by molar-refractivity contribution is 0.208. The number of rotatable bonds is 6. The highest BCUT2D eigenvalue weighted by atomic mass is 15.3. The summed E-state index contributed by atoms with van der Waals surface area (Å²) in [5.41, 5.74) is 3.55. The molecule has 1 saturated heterocycles. The molecule has 1 aromatic rings. The first-order valence-corrected chi connectivity index (χ1v) is 7.43. The van der Waals surface area contributed by atoms with Gasteiger partial charge in [-0.25, -0.2) is 15.8 Å². The summed E-state index contributed by atoms with van der Waals surface area (Å²) in [6, 6.07) is 2.52. The number of likely N-dealkylation sites (tertiary alicyclic amines) is 1. The zero-order chi connectivity index (χ0) is 14.5. The number of nitrogens with one attached hydrogen (secondary N) is 1. The van der Waals surface area contributed by atoms with Gasteiger partial charge in [-0.15, -0.1) is 0 Å². The molecule has 0 spiro atoms. The summed E-state index contributed by atoms with van der Waals surface area (Å²) in [4.78, 5) is 13.9. The van der Waals surface area contributed by atoms with Gasteiger partial charge in [0.25, 0.3) is 0 Å². The van der Waals surface area contributed by atoms with E-state index in [4.69, 9.17) is 5.84 Å². The summed E-state index contributed by atoms with van der Waals surface area (Å²) in [6.07, 6.45) is 1.23. The first-order valence-electron chi connectivity index (χ1n) is 7.43. The first-order chi connectivity index (χ1) is 9.66. The number of hydrazine groups is 1. The highest BCUT2D eigenvalue weighted by molar-refractivity contribution is 5.33. The summed E-state index contributed by atoms with van der Waals surface area (Å²) < 4.78 is 0. The summed E-state index contributed by atoms with van der Waals surface area (Å²) in [5, 5.41) is 0. The van der Waals surface area contributed by atoms with Gasteiger partial charge in [0, 0.05) is 30.9 Å². The van der Waals surface area contributed by atoms with Crippen LogP contribution in [0.1, 0.15) is 31.8 Å². The Bertz CT molecular complexity index is 432. The zero-order valence-electron chi connectivity index (χ0n) is 12.8. The average molecular weight is 278 g/mol. The largest absolute Gasteiger partial charge is 0.308 e. The van der Waals surface area contributed by atoms with Crippen LogP contribution in [0, 0.1) is 6.92 Å². The van der Waals surface area contributed by atoms with E-state index in [1.165, 1.54) is 6.42 Å². The van der Waals surface area contributed by atoms with Crippen LogP contribution in [0.15, 0.2) is 6.07 Å². The predicted molar refractivity (Wildman–Crippen MR) is 81.2 cm³/mol. The Labute approximate surface area is 121 Å². The number of hydrogen-bond donors (Lipinski definition) is 2. The maximum absolute atomic E-state index is 5.43. The minimum Gasteiger partial charge on any atom is -0.308 e. The normalized spacial score (nSPS) is 19.8. The van der Waals surface area contributed by atoms with E-state index in [1.54, 1.807) is 0 Å². The molecule has 1 aliphatic rings. The number of hydrogen-bond acceptors (Lipinski definition) is 6. The van der Waals surface area contributed by atoms with Gasteiger partial charge in [0.05, 0.1) is 6.54 Å². The van der Waals surface area contributed by atoms with Crippen molar-refractivity contribution in [1.29, 1.82) is 0 Å². The second-order valence-electron chi connectivity index (χ2n) is 5.35. The van der Waals surface area contributed by atoms with Crippen LogP contribution >= 0.6 is 0 Å². The lowest BCUT2D eigenvalue weighted by atomic mass is 10.2. The lowest BCUT2D eigenvalue weighted by Crippen LogP contribution is -2.37. The molecule has 3 N–H and O–H groups in total. The van der Waals surface area contributed by atoms with Crippen molar-refractivity contribution in [2.75, 3.05) is 31.6 Å². The molecule has 1 unspecified atom stereocenters. The third-order valence-corrected chi connectivity index (χ3v) is 3.99. The number of aryl methyl sites for hydroxylation is 1. The first kappa shape index (κ1) is 15.2. The Morgan fingerprint density at radius 1 is 1.40 bits per heavy atom. The van der Waals surface area contributed by atoms with Crippen LogP contribution in [-0.2, 0) is 6.54 Å². The van der Waals surface area contributed by atoms with E-state index in [0.29, 0.717) is 11.9 Å². The second kappa shape index (κ2) is 6.97. The van der Waals surface area contributed by atoms with Crippen molar-refractivity contribution in [2.45, 2.75) is 39.8 Å². The monoisotopic (exact) mass is 278 g/mol. The van der Waals surface area contributed by atoms with Crippen LogP contribution in [0.4, 0.5) is 5.82 Å². The SMILES string of the molecule is CCN(CC)C1CCN(Cc2nc(C)cc(NN)n2)C1. The van der Waals surface area contributed by atoms with Crippen LogP contribution in [0.3, 0.4) is 0 Å². The molecule has 0 aliphatic carbocycles. The molecular formula is C14H26N6. The smallest absolute Gasteiger partial charge is 0.145 e. The number of nitrogens with two attached hydrogens (primary N) is 1. The van der Waals surface area contributed by atoms with Gasteiger partial charge in [-0.2, -0.15) is 0 Å². The maximum atomic E-state index is 5.43. The summed E-state index contributed by atoms with van der Waals surface area (Å²) >= 11 is 0. The molecule has 1 aliphatic heterocycles. The van der Waals surface area contributed by atoms with E-state index in [0.717, 1.165) is 44.2 Å². The molecule has 0 saturated carbocycles. The lowest BCUT2D eigenvalue weighted by Gasteiger charge is -2.26. The molecule has 1 aromatic heterocycles. The van der Waals surface area contributed by atoms with Crippen LogP contribution < -0.4 is 11.3 Å². The Balaban J connectivity index is 1.96. The number of nitrogens with zero attached hydrogens (tertiary/aromatic N) is 4. The minimum atomic E-state index is 0.668. The van der Waals surface area contributed by atoms with Crippen molar-refractivity contribution in [3.8, 4) is 0 Å². The number of aromatic nitrogens is 2. The molecule has 0 bridgehead atoms. The van der Waals surface area contributed by atoms with E-state index in [1.807, 2.05) is 13.0 Å². The Kier molecular flexibility index (Phi) is 5.28. The quantitative estimate of drug-likeness (QED) is 0.597. The van der Waals surface area contributed by atoms with Gasteiger partial charge >= 0.3 is 0 Å². The standard InChI is InChI=1S/C14H26N6/c1-4-20(5-2)12-6-7-19(9-12)10-14-16-11(3)8-13(17-14)18-15/h8,12H,4-7,9-10,15H2,1-3H3,(H,16,17,18). The summed E-state index contributed by atoms with van der Waals surface area (Å²) in [7, 11) is 0. The minimum absolute atomic E-state index is 0.668. The van der Waals surface area contributed by atoms with Crippen LogP contribution in [0.25, 0.3) is 0 Å². The third kappa shape index (κ3) is 3.65. The topological polar surface area (TPSA) is 70.3 Å². The second-order valence-corrected chi connectivity index (χ2v) is 5.35. The van der Waals surface area contributed by atoms with E-state index in [2.05, 4.69) is 39.0 Å². The van der Waals surface area contributed by atoms with Crippen molar-refractivity contribution in [2.24, 2.45) is 5.84 Å². The van der Waals surface area contributed by atoms with Crippen molar-refractivity contribution in [3.05, 3.63) is 17.6 Å². The van der Waals surface area contributed by atoms with Gasteiger partial charge in [-0.05, 0) is 26.4 Å². The summed E-state index contributed by atoms with van der Waals surface area (Å²) in [5.74, 6) is 6.97. The van der Waals surface area contributed by atoms with E-state index >= 15 is 0 Å². The molecule has 112 valence electrons. The van der Waals surface area contributed by atoms with Crippen molar-refractivity contribution in [3.63, 3.8) is 0 Å². The Morgan fingerprint density at radius 3 is 2.80 bits per heavy atom. The molecular weight excluding hydrogens is 252 g/mol. The molecule has 2 heterocycles. The molecule has 1 atom stereocenters. The Hall–Kier alpha value is -1.24. The Morgan fingerprint density at radius 2 is 2.15 bits per heavy atom. The van der Waals surface area contributed by atoms with Gasteiger partial charge in [-0.3, -0.25) is 9.80 Å². The highest BCUT2D eigenvalue weighted by Gasteiger charge is 2.26. The molecule has 6 heteroatoms. The fraction of sp³-hybridized carbons (Fsp3) is 0.714. The zero-order valence-corrected chi connectivity index (χ0v) is 12.8. The molecule has 6 nitrogen and oxygen atoms in total. The van der Waals surface area contributed by atoms with Crippen molar-refractivity contribution in [1.82, 2.24) is 19.8 Å². The van der Waals surface area contributed by atoms with E-state index < -0.39 is 0 Å². The predicted octanol–water partition coefficient (Wildman–Crippen LogP) is 0.987. The van der Waals surface area contributed by atoms with Gasteiger partial charge in [0.15, 0.2) is 0 Å². The van der Waals surface area contributed by atoms with Gasteiger partial charge in [0.1, 0.15) is 11.6 Å². The van der Waals surface area contributed by atoms with E-state index in [9.17, 15) is 0 Å². The molecule has 0 amide bonds. The molecule has 20 heavy (non-hydrogen) atoms. The highest BCUT2D eigenvalue weighted by Crippen LogP contribution is 2.17. The molecule has 1 fully saturated rings. The fourth-order valence-corrected chi connectivity index (χ4v) is 2.97. The average Bonchev–Trinajstić information content (AvgIpc) is 2.88. The van der Waals surface area contributed by atoms with Gasteiger partial charge < -0.3 is 5.43 Å². The van der Waals surface area contributed by atoms with Gasteiger partial charge in [0.2, 0.25) is 0 Å².